The van der Waals surface area contributed by atoms with Crippen molar-refractivity contribution in [2.75, 3.05) is 9.80 Å². The summed E-state index contributed by atoms with van der Waals surface area (Å²) in [5, 5.41) is 4.87. The highest BCUT2D eigenvalue weighted by molar-refractivity contribution is 7.00. The smallest absolute Gasteiger partial charge is 0.252 e. The lowest BCUT2D eigenvalue weighted by Crippen LogP contribution is -2.61. The van der Waals surface area contributed by atoms with Gasteiger partial charge in [-0.25, -0.2) is 0 Å². The highest BCUT2D eigenvalue weighted by Gasteiger charge is 2.45. The van der Waals surface area contributed by atoms with Gasteiger partial charge in [-0.3, -0.25) is 0 Å². The van der Waals surface area contributed by atoms with Crippen LogP contribution in [0.1, 0.15) is 0 Å². The number of para-hydroxylation sites is 3. The fourth-order valence-corrected chi connectivity index (χ4v) is 13.8. The Morgan fingerprint density at radius 3 is 1.22 bits per heavy atom. The summed E-state index contributed by atoms with van der Waals surface area (Å²) >= 11 is 0. The number of aromatic nitrogens is 2. The molecule has 0 radical (unpaired) electrons. The fourth-order valence-electron chi connectivity index (χ4n) is 13.8. The lowest BCUT2D eigenvalue weighted by atomic mass is 9.33. The summed E-state index contributed by atoms with van der Waals surface area (Å²) in [5.41, 5.74) is 26.9. The van der Waals surface area contributed by atoms with E-state index in [4.69, 9.17) is 0 Å². The van der Waals surface area contributed by atoms with E-state index < -0.39 is 0 Å². The van der Waals surface area contributed by atoms with E-state index in [-0.39, 0.29) is 6.71 Å². The molecule has 0 saturated carbocycles. The molecule has 5 heteroatoms. The van der Waals surface area contributed by atoms with Crippen molar-refractivity contribution in [2.45, 2.75) is 0 Å². The monoisotopic (exact) mass is 1050 g/mol. The Kier molecular flexibility index (Phi) is 10.7. The molecule has 83 heavy (non-hydrogen) atoms. The number of benzene rings is 13. The standard InChI is InChI=1S/C78H51BN4/c1-5-20-52(21-6-1)56-36-41-60(42-37-56)80-72-46-40-59(55-26-11-4-12-27-55)49-68(72)79-67-45-47-73-76(66-32-15-18-35-71(66)81(73)62-29-19-28-58(48-62)54-24-9-3-10-25-54)78(67)83(61-43-38-57(39-44-61)53-22-7-2-8-23-53)75-51-63(50-74(80)77(75)79)82-69-33-16-13-30-64(69)65-31-14-17-34-70(65)82/h1-51H. The Morgan fingerprint density at radius 1 is 0.229 bits per heavy atom. The van der Waals surface area contributed by atoms with E-state index in [9.17, 15) is 0 Å². The van der Waals surface area contributed by atoms with Crippen LogP contribution in [0.5, 0.6) is 0 Å². The van der Waals surface area contributed by atoms with Gasteiger partial charge < -0.3 is 18.9 Å². The molecule has 0 aliphatic carbocycles. The Balaban J connectivity index is 1.01. The van der Waals surface area contributed by atoms with Crippen molar-refractivity contribution >= 4 is 101 Å². The van der Waals surface area contributed by atoms with E-state index in [1.807, 2.05) is 0 Å². The third kappa shape index (κ3) is 7.41. The Labute approximate surface area is 482 Å². The van der Waals surface area contributed by atoms with Crippen molar-refractivity contribution in [3.63, 3.8) is 0 Å². The third-order valence-corrected chi connectivity index (χ3v) is 17.5. The van der Waals surface area contributed by atoms with E-state index in [2.05, 4.69) is 328 Å². The zero-order valence-electron chi connectivity index (χ0n) is 45.3. The number of anilines is 6. The number of fused-ring (bicyclic) bond motifs is 11. The summed E-state index contributed by atoms with van der Waals surface area (Å²) < 4.78 is 4.99. The first-order valence-corrected chi connectivity index (χ1v) is 28.7. The van der Waals surface area contributed by atoms with Gasteiger partial charge in [0.2, 0.25) is 0 Å². The van der Waals surface area contributed by atoms with E-state index >= 15 is 0 Å². The van der Waals surface area contributed by atoms with Gasteiger partial charge in [0.15, 0.2) is 0 Å². The summed E-state index contributed by atoms with van der Waals surface area (Å²) in [4.78, 5) is 5.18. The Bertz CT molecular complexity index is 4960. The predicted octanol–water partition coefficient (Wildman–Crippen LogP) is 18.6. The van der Waals surface area contributed by atoms with Crippen LogP contribution in [0.4, 0.5) is 34.1 Å². The van der Waals surface area contributed by atoms with Crippen molar-refractivity contribution in [2.24, 2.45) is 0 Å². The molecule has 386 valence electrons. The predicted molar refractivity (Wildman–Crippen MR) is 351 cm³/mol. The molecule has 0 bridgehead atoms. The molecule has 0 unspecified atom stereocenters. The SMILES string of the molecule is c1ccc(-c2ccc(N3c4ccc(-c5ccccc5)cc4B4c5ccc6c(c5N(c5ccc(-c7ccccc7)cc5)c5cc(-n7c8ccccc8c8ccccc87)cc3c54)c3ccccc3n6-c3cccc(-c4ccccc4)c3)cc2)cc1. The van der Waals surface area contributed by atoms with Gasteiger partial charge in [0, 0.05) is 55.7 Å². The first-order valence-electron chi connectivity index (χ1n) is 28.7. The second kappa shape index (κ2) is 18.9. The molecule has 0 N–H and O–H groups in total. The maximum absolute atomic E-state index is 2.62. The summed E-state index contributed by atoms with van der Waals surface area (Å²) in [6.45, 7) is -0.159. The topological polar surface area (TPSA) is 16.3 Å². The van der Waals surface area contributed by atoms with Crippen molar-refractivity contribution in [3.8, 4) is 55.9 Å². The summed E-state index contributed by atoms with van der Waals surface area (Å²) in [5.74, 6) is 0. The quantitative estimate of drug-likeness (QED) is 0.141. The van der Waals surface area contributed by atoms with E-state index in [1.54, 1.807) is 0 Å². The average molecular weight is 1060 g/mol. The maximum Gasteiger partial charge on any atom is 0.252 e. The van der Waals surface area contributed by atoms with Crippen LogP contribution in [0.15, 0.2) is 309 Å². The summed E-state index contributed by atoms with van der Waals surface area (Å²) in [7, 11) is 0. The molecule has 0 saturated heterocycles. The van der Waals surface area contributed by atoms with Crippen molar-refractivity contribution in [1.29, 1.82) is 0 Å². The molecule has 4 nitrogen and oxygen atoms in total. The molecule has 13 aromatic carbocycles. The highest BCUT2D eigenvalue weighted by Crippen LogP contribution is 2.50. The number of rotatable bonds is 8. The largest absolute Gasteiger partial charge is 0.311 e. The molecule has 0 amide bonds. The molecule has 4 heterocycles. The Hall–Kier alpha value is -10.9. The number of nitrogens with zero attached hydrogens (tertiary/aromatic N) is 4. The fraction of sp³-hybridized carbons (Fsp3) is 0. The van der Waals surface area contributed by atoms with Crippen LogP contribution in [0.25, 0.3) is 99.5 Å². The van der Waals surface area contributed by atoms with E-state index in [0.717, 1.165) is 61.9 Å². The van der Waals surface area contributed by atoms with Crippen molar-refractivity contribution < 1.29 is 0 Å². The van der Waals surface area contributed by atoms with Crippen LogP contribution in [-0.2, 0) is 0 Å². The zero-order valence-corrected chi connectivity index (χ0v) is 45.3. The maximum atomic E-state index is 2.62. The summed E-state index contributed by atoms with van der Waals surface area (Å²) in [6, 6.07) is 115. The minimum Gasteiger partial charge on any atom is -0.311 e. The third-order valence-electron chi connectivity index (χ3n) is 17.5. The molecule has 2 aromatic heterocycles. The lowest BCUT2D eigenvalue weighted by Gasteiger charge is -2.45. The Morgan fingerprint density at radius 2 is 0.651 bits per heavy atom. The van der Waals surface area contributed by atoms with Gasteiger partial charge in [0.25, 0.3) is 6.71 Å². The van der Waals surface area contributed by atoms with Crippen LogP contribution in [0, 0.1) is 0 Å². The first kappa shape index (κ1) is 47.0. The molecule has 17 rings (SSSR count). The molecule has 0 spiro atoms. The molecular weight excluding hydrogens is 1000 g/mol. The highest BCUT2D eigenvalue weighted by atomic mass is 15.2. The number of hydrogen-bond acceptors (Lipinski definition) is 2. The molecule has 2 aliphatic heterocycles. The van der Waals surface area contributed by atoms with Gasteiger partial charge in [0.05, 0.1) is 33.4 Å². The molecule has 0 atom stereocenters. The van der Waals surface area contributed by atoms with Crippen molar-refractivity contribution in [1.82, 2.24) is 9.13 Å². The van der Waals surface area contributed by atoms with Crippen molar-refractivity contribution in [3.05, 3.63) is 309 Å². The number of hydrogen-bond donors (Lipinski definition) is 0. The van der Waals surface area contributed by atoms with Crippen LogP contribution in [0.2, 0.25) is 0 Å². The normalized spacial score (nSPS) is 12.5. The average Bonchev–Trinajstić information content (AvgIpc) is 3.21. The van der Waals surface area contributed by atoms with E-state index in [0.29, 0.717) is 0 Å². The van der Waals surface area contributed by atoms with Gasteiger partial charge in [-0.15, -0.1) is 0 Å². The van der Waals surface area contributed by atoms with Gasteiger partial charge in [-0.2, -0.15) is 0 Å². The van der Waals surface area contributed by atoms with Gasteiger partial charge in [-0.1, -0.05) is 231 Å². The van der Waals surface area contributed by atoms with E-state index in [1.165, 1.54) is 88.1 Å². The van der Waals surface area contributed by atoms with Crippen LogP contribution in [0.3, 0.4) is 0 Å². The van der Waals surface area contributed by atoms with Crippen LogP contribution in [-0.4, -0.2) is 15.8 Å². The van der Waals surface area contributed by atoms with Crippen LogP contribution >= 0.6 is 0 Å². The minimum absolute atomic E-state index is 0.159. The molecule has 0 fully saturated rings. The van der Waals surface area contributed by atoms with Crippen LogP contribution < -0.4 is 26.2 Å². The summed E-state index contributed by atoms with van der Waals surface area (Å²) in [6.07, 6.45) is 0. The zero-order chi connectivity index (χ0) is 54.5. The molecule has 2 aliphatic rings. The van der Waals surface area contributed by atoms with Gasteiger partial charge in [-0.05, 0) is 140 Å². The minimum atomic E-state index is -0.159. The first-order chi connectivity index (χ1) is 41.2. The molecule has 15 aromatic rings. The second-order valence-electron chi connectivity index (χ2n) is 22.0. The van der Waals surface area contributed by atoms with Gasteiger partial charge in [0.1, 0.15) is 0 Å². The molecular formula is C78H51BN4. The lowest BCUT2D eigenvalue weighted by molar-refractivity contribution is 1.16. The second-order valence-corrected chi connectivity index (χ2v) is 22.0. The van der Waals surface area contributed by atoms with Gasteiger partial charge >= 0.3 is 0 Å².